The number of nitriles is 1. The molecule has 0 saturated heterocycles. The predicted molar refractivity (Wildman–Crippen MR) is 95.8 cm³/mol. The van der Waals surface area contributed by atoms with E-state index in [1.807, 2.05) is 6.07 Å². The van der Waals surface area contributed by atoms with Crippen LogP contribution in [-0.2, 0) is 19.7 Å². The molecule has 0 bridgehead atoms. The van der Waals surface area contributed by atoms with Gasteiger partial charge in [0.1, 0.15) is 0 Å². The van der Waals surface area contributed by atoms with Crippen LogP contribution in [-0.4, -0.2) is 23.7 Å². The van der Waals surface area contributed by atoms with Gasteiger partial charge in [0, 0.05) is 12.5 Å². The highest BCUT2D eigenvalue weighted by Gasteiger charge is 2.34. The molecular weight excluding hydrogens is 318 g/mol. The third-order valence-electron chi connectivity index (χ3n) is 4.16. The number of carboxylic acids is 1. The van der Waals surface area contributed by atoms with E-state index >= 15 is 0 Å². The maximum Gasteiger partial charge on any atom is 0.330 e. The van der Waals surface area contributed by atoms with E-state index in [1.54, 1.807) is 38.1 Å². The quantitative estimate of drug-likeness (QED) is 0.393. The third-order valence-corrected chi connectivity index (χ3v) is 4.16. The summed E-state index contributed by atoms with van der Waals surface area (Å²) in [5, 5.41) is 18.3. The highest BCUT2D eigenvalue weighted by Crippen LogP contribution is 2.31. The number of hydrogen-bond donors (Lipinski definition) is 1. The summed E-state index contributed by atoms with van der Waals surface area (Å²) in [4.78, 5) is 23.3. The van der Waals surface area contributed by atoms with Crippen molar-refractivity contribution in [3.05, 3.63) is 41.5 Å². The van der Waals surface area contributed by atoms with Gasteiger partial charge in [-0.25, -0.2) is 4.79 Å². The second-order valence-corrected chi connectivity index (χ2v) is 6.07. The number of aliphatic carboxylic acids is 1. The predicted octanol–water partition coefficient (Wildman–Crippen LogP) is 4.08. The zero-order valence-electron chi connectivity index (χ0n) is 14.8. The lowest BCUT2D eigenvalue weighted by atomic mass is 9.77. The number of hydrogen-bond acceptors (Lipinski definition) is 4. The SMILES string of the molecule is CCOC(=O)/C=C/c1cccc(C(C)(CCCCCC#N)C(=O)O)c1. The van der Waals surface area contributed by atoms with Crippen molar-refractivity contribution < 1.29 is 19.4 Å². The molecule has 134 valence electrons. The normalized spacial score (nSPS) is 13.2. The van der Waals surface area contributed by atoms with Crippen LogP contribution in [0.5, 0.6) is 0 Å². The molecule has 0 heterocycles. The van der Waals surface area contributed by atoms with Gasteiger partial charge in [-0.15, -0.1) is 0 Å². The molecule has 0 saturated carbocycles. The molecule has 0 spiro atoms. The molecule has 0 aliphatic heterocycles. The number of nitrogens with zero attached hydrogens (tertiary/aromatic N) is 1. The second kappa shape index (κ2) is 10.3. The van der Waals surface area contributed by atoms with Crippen molar-refractivity contribution in [2.75, 3.05) is 6.61 Å². The molecule has 1 aromatic carbocycles. The topological polar surface area (TPSA) is 87.4 Å². The first-order valence-corrected chi connectivity index (χ1v) is 8.49. The molecule has 0 aromatic heterocycles. The number of carbonyl (C=O) groups is 2. The second-order valence-electron chi connectivity index (χ2n) is 6.07. The van der Waals surface area contributed by atoms with Crippen molar-refractivity contribution >= 4 is 18.0 Å². The van der Waals surface area contributed by atoms with Crippen LogP contribution in [0.2, 0.25) is 0 Å². The van der Waals surface area contributed by atoms with Crippen LogP contribution >= 0.6 is 0 Å². The van der Waals surface area contributed by atoms with E-state index in [9.17, 15) is 14.7 Å². The van der Waals surface area contributed by atoms with Gasteiger partial charge in [-0.1, -0.05) is 37.1 Å². The van der Waals surface area contributed by atoms with Crippen LogP contribution in [0.4, 0.5) is 0 Å². The van der Waals surface area contributed by atoms with Crippen molar-refractivity contribution in [1.82, 2.24) is 0 Å². The maximum atomic E-state index is 11.9. The van der Waals surface area contributed by atoms with Gasteiger partial charge in [0.2, 0.25) is 0 Å². The number of unbranched alkanes of at least 4 members (excludes halogenated alkanes) is 3. The Kier molecular flexibility index (Phi) is 8.42. The average Bonchev–Trinajstić information content (AvgIpc) is 2.60. The first kappa shape index (κ1) is 20.4. The Morgan fingerprint density at radius 2 is 2.08 bits per heavy atom. The lowest BCUT2D eigenvalue weighted by molar-refractivity contribution is -0.143. The molecule has 5 nitrogen and oxygen atoms in total. The lowest BCUT2D eigenvalue weighted by Crippen LogP contribution is -2.32. The zero-order chi connectivity index (χ0) is 18.7. The minimum Gasteiger partial charge on any atom is -0.481 e. The van der Waals surface area contributed by atoms with Crippen molar-refractivity contribution in [3.8, 4) is 6.07 Å². The highest BCUT2D eigenvalue weighted by atomic mass is 16.5. The number of rotatable bonds is 10. The summed E-state index contributed by atoms with van der Waals surface area (Å²) in [6.45, 7) is 3.77. The van der Waals surface area contributed by atoms with E-state index in [0.29, 0.717) is 25.0 Å². The summed E-state index contributed by atoms with van der Waals surface area (Å²) in [7, 11) is 0. The molecule has 1 aromatic rings. The van der Waals surface area contributed by atoms with E-state index in [-0.39, 0.29) is 0 Å². The largest absolute Gasteiger partial charge is 0.481 e. The fourth-order valence-electron chi connectivity index (χ4n) is 2.57. The third kappa shape index (κ3) is 6.42. The van der Waals surface area contributed by atoms with Crippen LogP contribution < -0.4 is 0 Å². The Labute approximate surface area is 148 Å². The van der Waals surface area contributed by atoms with Crippen molar-refractivity contribution in [1.29, 1.82) is 5.26 Å². The minimum absolute atomic E-state index is 0.312. The molecule has 0 aliphatic rings. The van der Waals surface area contributed by atoms with Gasteiger partial charge in [0.05, 0.1) is 18.1 Å². The number of ether oxygens (including phenoxy) is 1. The smallest absolute Gasteiger partial charge is 0.330 e. The molecular formula is C20H25NO4. The average molecular weight is 343 g/mol. The molecule has 1 unspecified atom stereocenters. The van der Waals surface area contributed by atoms with E-state index in [1.165, 1.54) is 6.08 Å². The van der Waals surface area contributed by atoms with Crippen LogP contribution in [0.1, 0.15) is 57.1 Å². The molecule has 0 fully saturated rings. The van der Waals surface area contributed by atoms with Crippen LogP contribution in [0.15, 0.2) is 30.3 Å². The van der Waals surface area contributed by atoms with Gasteiger partial charge in [0.25, 0.3) is 0 Å². The summed E-state index contributed by atoms with van der Waals surface area (Å²) < 4.78 is 4.84. The molecule has 1 N–H and O–H groups in total. The Balaban J connectivity index is 2.89. The Morgan fingerprint density at radius 3 is 2.72 bits per heavy atom. The fraction of sp³-hybridized carbons (Fsp3) is 0.450. The van der Waals surface area contributed by atoms with Crippen LogP contribution in [0, 0.1) is 11.3 Å². The van der Waals surface area contributed by atoms with Gasteiger partial charge in [0.15, 0.2) is 0 Å². The standard InChI is InChI=1S/C20H25NO4/c1-3-25-18(22)12-11-16-9-8-10-17(15-16)20(2,19(23)24)13-6-4-5-7-14-21/h8-12,15H,3-7,13H2,1-2H3,(H,23,24)/b12-11+. The molecule has 1 atom stereocenters. The van der Waals surface area contributed by atoms with Crippen LogP contribution in [0.3, 0.4) is 0 Å². The van der Waals surface area contributed by atoms with Gasteiger partial charge in [-0.2, -0.15) is 5.26 Å². The van der Waals surface area contributed by atoms with Gasteiger partial charge in [-0.05, 0) is 43.9 Å². The van der Waals surface area contributed by atoms with E-state index < -0.39 is 17.4 Å². The van der Waals surface area contributed by atoms with Gasteiger partial charge < -0.3 is 9.84 Å². The summed E-state index contributed by atoms with van der Waals surface area (Å²) >= 11 is 0. The molecule has 25 heavy (non-hydrogen) atoms. The highest BCUT2D eigenvalue weighted by molar-refractivity contribution is 5.87. The van der Waals surface area contributed by atoms with E-state index in [0.717, 1.165) is 24.8 Å². The maximum absolute atomic E-state index is 11.9. The van der Waals surface area contributed by atoms with Crippen molar-refractivity contribution in [3.63, 3.8) is 0 Å². The molecule has 5 heteroatoms. The Hall–Kier alpha value is -2.61. The van der Waals surface area contributed by atoms with Gasteiger partial charge >= 0.3 is 11.9 Å². The van der Waals surface area contributed by atoms with E-state index in [2.05, 4.69) is 6.07 Å². The number of esters is 1. The lowest BCUT2D eigenvalue weighted by Gasteiger charge is -2.25. The number of benzene rings is 1. The summed E-state index contributed by atoms with van der Waals surface area (Å²) in [5.74, 6) is -1.30. The Bertz CT molecular complexity index is 660. The first-order valence-electron chi connectivity index (χ1n) is 8.49. The van der Waals surface area contributed by atoms with Crippen molar-refractivity contribution in [2.45, 2.75) is 51.4 Å². The van der Waals surface area contributed by atoms with Crippen molar-refractivity contribution in [2.24, 2.45) is 0 Å². The molecule has 0 amide bonds. The zero-order valence-corrected chi connectivity index (χ0v) is 14.8. The number of carbonyl (C=O) groups excluding carboxylic acids is 1. The number of carboxylic acid groups (broad SMARTS) is 1. The first-order chi connectivity index (χ1) is 11.9. The summed E-state index contributed by atoms with van der Waals surface area (Å²) in [5.41, 5.74) is 0.453. The Morgan fingerprint density at radius 1 is 1.32 bits per heavy atom. The molecule has 0 radical (unpaired) electrons. The van der Waals surface area contributed by atoms with Crippen LogP contribution in [0.25, 0.3) is 6.08 Å². The minimum atomic E-state index is -1.000. The molecule has 1 rings (SSSR count). The van der Waals surface area contributed by atoms with E-state index in [4.69, 9.17) is 10.00 Å². The van der Waals surface area contributed by atoms with Gasteiger partial charge in [-0.3, -0.25) is 4.79 Å². The fourth-order valence-corrected chi connectivity index (χ4v) is 2.57. The summed E-state index contributed by atoms with van der Waals surface area (Å²) in [6.07, 6.45) is 6.32. The summed E-state index contributed by atoms with van der Waals surface area (Å²) in [6, 6.07) is 9.29. The molecule has 0 aliphatic carbocycles. The monoisotopic (exact) mass is 343 g/mol.